The zero-order valence-electron chi connectivity index (χ0n) is 7.35. The smallest absolute Gasteiger partial charge is 0.0896 e. The molecule has 63 valence electrons. The SMILES string of the molecule is CC1[B]CCCCCCC1Br. The first-order chi connectivity index (χ1) is 5.30. The van der Waals surface area contributed by atoms with Crippen LogP contribution in [-0.4, -0.2) is 12.1 Å². The van der Waals surface area contributed by atoms with Crippen LogP contribution in [0.5, 0.6) is 0 Å². The predicted octanol–water partition coefficient (Wildman–Crippen LogP) is 3.64. The van der Waals surface area contributed by atoms with E-state index in [-0.39, 0.29) is 0 Å². The lowest BCUT2D eigenvalue weighted by atomic mass is 9.60. The number of alkyl halides is 1. The summed E-state index contributed by atoms with van der Waals surface area (Å²) < 4.78 is 0. The molecule has 1 fully saturated rings. The fourth-order valence-corrected chi connectivity index (χ4v) is 2.17. The van der Waals surface area contributed by atoms with Crippen molar-refractivity contribution in [2.75, 3.05) is 0 Å². The van der Waals surface area contributed by atoms with Crippen molar-refractivity contribution in [3.05, 3.63) is 0 Å². The molecular weight excluding hydrogens is 199 g/mol. The molecule has 0 aromatic rings. The maximum absolute atomic E-state index is 3.74. The zero-order chi connectivity index (χ0) is 8.10. The minimum absolute atomic E-state index is 0.737. The summed E-state index contributed by atoms with van der Waals surface area (Å²) >= 11 is 3.74. The van der Waals surface area contributed by atoms with E-state index in [0.717, 1.165) is 10.6 Å². The van der Waals surface area contributed by atoms with E-state index >= 15 is 0 Å². The van der Waals surface area contributed by atoms with Crippen molar-refractivity contribution in [2.24, 2.45) is 0 Å². The summed E-state index contributed by atoms with van der Waals surface area (Å²) in [4.78, 5) is 0.737. The first-order valence-electron chi connectivity index (χ1n) is 4.78. The fourth-order valence-electron chi connectivity index (χ4n) is 1.63. The Morgan fingerprint density at radius 2 is 1.91 bits per heavy atom. The molecule has 1 aliphatic rings. The van der Waals surface area contributed by atoms with E-state index in [0.29, 0.717) is 0 Å². The van der Waals surface area contributed by atoms with E-state index in [1.165, 1.54) is 38.4 Å². The molecule has 0 amide bonds. The predicted molar refractivity (Wildman–Crippen MR) is 55.8 cm³/mol. The van der Waals surface area contributed by atoms with Crippen LogP contribution in [0.25, 0.3) is 0 Å². The van der Waals surface area contributed by atoms with Gasteiger partial charge in [0, 0.05) is 4.83 Å². The Morgan fingerprint density at radius 3 is 2.73 bits per heavy atom. The summed E-state index contributed by atoms with van der Waals surface area (Å²) in [6.07, 6.45) is 8.37. The Bertz CT molecular complexity index is 93.7. The Hall–Kier alpha value is 0.545. The molecule has 2 unspecified atom stereocenters. The lowest BCUT2D eigenvalue weighted by Gasteiger charge is -2.15. The third kappa shape index (κ3) is 3.64. The minimum Gasteiger partial charge on any atom is -0.0896 e. The first kappa shape index (κ1) is 9.63. The third-order valence-electron chi connectivity index (χ3n) is 2.54. The van der Waals surface area contributed by atoms with Crippen molar-refractivity contribution in [3.63, 3.8) is 0 Å². The van der Waals surface area contributed by atoms with Crippen molar-refractivity contribution in [2.45, 2.75) is 56.0 Å². The lowest BCUT2D eigenvalue weighted by Crippen LogP contribution is -2.10. The third-order valence-corrected chi connectivity index (χ3v) is 3.83. The summed E-state index contributed by atoms with van der Waals surface area (Å²) in [5.74, 6) is 0.771. The van der Waals surface area contributed by atoms with Gasteiger partial charge in [0.25, 0.3) is 0 Å². The van der Waals surface area contributed by atoms with Gasteiger partial charge in [0.2, 0.25) is 0 Å². The average Bonchev–Trinajstić information content (AvgIpc) is 2.07. The van der Waals surface area contributed by atoms with Gasteiger partial charge >= 0.3 is 0 Å². The molecular formula is C9H17BBr. The normalized spacial score (nSPS) is 34.7. The number of halogens is 1. The summed E-state index contributed by atoms with van der Waals surface area (Å²) in [7, 11) is 2.48. The number of hydrogen-bond donors (Lipinski definition) is 0. The van der Waals surface area contributed by atoms with Crippen LogP contribution in [0.2, 0.25) is 12.1 Å². The van der Waals surface area contributed by atoms with E-state index in [1.807, 2.05) is 0 Å². The van der Waals surface area contributed by atoms with Crippen LogP contribution in [0.3, 0.4) is 0 Å². The molecule has 0 saturated carbocycles. The van der Waals surface area contributed by atoms with Crippen LogP contribution in [-0.2, 0) is 0 Å². The fraction of sp³-hybridized carbons (Fsp3) is 1.00. The zero-order valence-corrected chi connectivity index (χ0v) is 8.94. The van der Waals surface area contributed by atoms with Gasteiger partial charge in [-0.25, -0.2) is 0 Å². The number of hydrogen-bond acceptors (Lipinski definition) is 0. The summed E-state index contributed by atoms with van der Waals surface area (Å²) in [5.41, 5.74) is 0. The second-order valence-electron chi connectivity index (χ2n) is 3.60. The Kier molecular flexibility index (Phi) is 4.59. The summed E-state index contributed by atoms with van der Waals surface area (Å²) in [6, 6.07) is 0. The molecule has 0 nitrogen and oxygen atoms in total. The largest absolute Gasteiger partial charge is 0.114 e. The van der Waals surface area contributed by atoms with E-state index in [9.17, 15) is 0 Å². The standard InChI is InChI=1S/C9H17BBr/c1-8-9(11)6-4-2-3-5-7-10-8/h8-9H,2-7H2,1H3. The van der Waals surface area contributed by atoms with Gasteiger partial charge in [0.15, 0.2) is 0 Å². The molecule has 0 N–H and O–H groups in total. The second-order valence-corrected chi connectivity index (χ2v) is 4.78. The van der Waals surface area contributed by atoms with Crippen LogP contribution < -0.4 is 0 Å². The molecule has 1 radical (unpaired) electrons. The van der Waals surface area contributed by atoms with Crippen LogP contribution in [0.1, 0.15) is 39.0 Å². The van der Waals surface area contributed by atoms with Crippen molar-refractivity contribution < 1.29 is 0 Å². The Labute approximate surface area is 79.5 Å². The quantitative estimate of drug-likeness (QED) is 0.428. The van der Waals surface area contributed by atoms with Crippen LogP contribution in [0.4, 0.5) is 0 Å². The lowest BCUT2D eigenvalue weighted by molar-refractivity contribution is 0.626. The van der Waals surface area contributed by atoms with Gasteiger partial charge in [-0.05, 0) is 6.42 Å². The van der Waals surface area contributed by atoms with E-state index in [4.69, 9.17) is 0 Å². The maximum Gasteiger partial charge on any atom is 0.114 e. The highest BCUT2D eigenvalue weighted by Gasteiger charge is 2.15. The van der Waals surface area contributed by atoms with Crippen molar-refractivity contribution >= 4 is 23.2 Å². The second kappa shape index (κ2) is 5.24. The Balaban J connectivity index is 2.29. The van der Waals surface area contributed by atoms with Gasteiger partial charge in [-0.2, -0.15) is 0 Å². The molecule has 2 atom stereocenters. The molecule has 1 rings (SSSR count). The van der Waals surface area contributed by atoms with Crippen molar-refractivity contribution in [1.82, 2.24) is 0 Å². The molecule has 11 heavy (non-hydrogen) atoms. The van der Waals surface area contributed by atoms with E-state index in [2.05, 4.69) is 30.1 Å². The molecule has 0 bridgehead atoms. The van der Waals surface area contributed by atoms with E-state index < -0.39 is 0 Å². The monoisotopic (exact) mass is 215 g/mol. The summed E-state index contributed by atoms with van der Waals surface area (Å²) in [5, 5.41) is 0. The van der Waals surface area contributed by atoms with Crippen molar-refractivity contribution in [3.8, 4) is 0 Å². The molecule has 1 heterocycles. The first-order valence-corrected chi connectivity index (χ1v) is 5.69. The van der Waals surface area contributed by atoms with Gasteiger partial charge in [-0.3, -0.25) is 0 Å². The van der Waals surface area contributed by atoms with Crippen LogP contribution in [0.15, 0.2) is 0 Å². The van der Waals surface area contributed by atoms with Gasteiger partial charge < -0.3 is 0 Å². The number of rotatable bonds is 0. The maximum atomic E-state index is 3.74. The highest BCUT2D eigenvalue weighted by Crippen LogP contribution is 2.26. The van der Waals surface area contributed by atoms with Crippen LogP contribution in [0, 0.1) is 0 Å². The molecule has 1 aliphatic heterocycles. The van der Waals surface area contributed by atoms with Crippen LogP contribution >= 0.6 is 15.9 Å². The van der Waals surface area contributed by atoms with Gasteiger partial charge in [0.05, 0.1) is 0 Å². The highest BCUT2D eigenvalue weighted by molar-refractivity contribution is 9.09. The molecule has 2 heteroatoms. The van der Waals surface area contributed by atoms with E-state index in [1.54, 1.807) is 0 Å². The molecule has 1 saturated heterocycles. The van der Waals surface area contributed by atoms with Gasteiger partial charge in [-0.1, -0.05) is 60.7 Å². The molecule has 0 aromatic heterocycles. The molecule has 0 spiro atoms. The average molecular weight is 216 g/mol. The highest BCUT2D eigenvalue weighted by atomic mass is 79.9. The Morgan fingerprint density at radius 1 is 1.18 bits per heavy atom. The molecule has 0 aromatic carbocycles. The minimum atomic E-state index is 0.737. The summed E-state index contributed by atoms with van der Waals surface area (Å²) in [6.45, 7) is 2.32. The van der Waals surface area contributed by atoms with Gasteiger partial charge in [0.1, 0.15) is 7.28 Å². The topological polar surface area (TPSA) is 0 Å². The van der Waals surface area contributed by atoms with Crippen molar-refractivity contribution in [1.29, 1.82) is 0 Å². The molecule has 0 aliphatic carbocycles. The van der Waals surface area contributed by atoms with Gasteiger partial charge in [-0.15, -0.1) is 0 Å².